The van der Waals surface area contributed by atoms with Crippen molar-refractivity contribution in [3.05, 3.63) is 35.4 Å². The van der Waals surface area contributed by atoms with Crippen molar-refractivity contribution >= 4 is 11.7 Å². The fraction of sp³-hybridized carbons (Fsp3) is 0.556. The maximum atomic E-state index is 12.0. The Bertz CT molecular complexity index is 600. The summed E-state index contributed by atoms with van der Waals surface area (Å²) in [6.07, 6.45) is 3.60. The number of carbonyl (C=O) groups excluding carboxylic acids is 1. The number of hydrazone groups is 1. The van der Waals surface area contributed by atoms with Gasteiger partial charge in [0.25, 0.3) is 0 Å². The zero-order chi connectivity index (χ0) is 16.2. The van der Waals surface area contributed by atoms with Gasteiger partial charge in [-0.1, -0.05) is 24.3 Å². The fourth-order valence-corrected chi connectivity index (χ4v) is 3.56. The van der Waals surface area contributed by atoms with E-state index < -0.39 is 0 Å². The summed E-state index contributed by atoms with van der Waals surface area (Å²) in [6.45, 7) is 1.64. The second-order valence-electron chi connectivity index (χ2n) is 6.25. The molecule has 2 aliphatic rings. The molecule has 1 heterocycles. The van der Waals surface area contributed by atoms with E-state index >= 15 is 0 Å². The smallest absolute Gasteiger partial charge is 0.309 e. The molecule has 0 unspecified atom stereocenters. The van der Waals surface area contributed by atoms with Crippen LogP contribution in [-0.4, -0.2) is 50.1 Å². The summed E-state index contributed by atoms with van der Waals surface area (Å²) in [4.78, 5) is 12.0. The summed E-state index contributed by atoms with van der Waals surface area (Å²) in [5.74, 6) is -0.292. The highest BCUT2D eigenvalue weighted by Gasteiger charge is 2.31. The minimum atomic E-state index is -0.151. The molecule has 0 amide bonds. The third-order valence-electron chi connectivity index (χ3n) is 4.72. The third-order valence-corrected chi connectivity index (χ3v) is 4.72. The largest absolute Gasteiger partial charge is 0.469 e. The minimum absolute atomic E-state index is 0.142. The molecule has 1 aliphatic heterocycles. The third kappa shape index (κ3) is 3.39. The summed E-state index contributed by atoms with van der Waals surface area (Å²) in [5, 5.41) is 7.04. The van der Waals surface area contributed by atoms with Gasteiger partial charge in [0.15, 0.2) is 0 Å². The predicted octanol–water partition coefficient (Wildman–Crippen LogP) is 2.24. The van der Waals surface area contributed by atoms with E-state index in [1.54, 1.807) is 7.11 Å². The van der Waals surface area contributed by atoms with Crippen LogP contribution in [-0.2, 0) is 20.7 Å². The monoisotopic (exact) mass is 316 g/mol. The van der Waals surface area contributed by atoms with Gasteiger partial charge in [0.1, 0.15) is 0 Å². The number of benzene rings is 1. The summed E-state index contributed by atoms with van der Waals surface area (Å²) >= 11 is 0. The van der Waals surface area contributed by atoms with Crippen LogP contribution in [0.2, 0.25) is 0 Å². The molecule has 5 nitrogen and oxygen atoms in total. The first-order valence-electron chi connectivity index (χ1n) is 8.22. The zero-order valence-electron chi connectivity index (χ0n) is 13.8. The summed E-state index contributed by atoms with van der Waals surface area (Å²) < 4.78 is 10.3. The molecule has 23 heavy (non-hydrogen) atoms. The van der Waals surface area contributed by atoms with Crippen LogP contribution in [0, 0.1) is 5.92 Å². The van der Waals surface area contributed by atoms with E-state index in [0.29, 0.717) is 19.1 Å². The van der Waals surface area contributed by atoms with Gasteiger partial charge in [0.2, 0.25) is 0 Å². The quantitative estimate of drug-likeness (QED) is 0.799. The first kappa shape index (κ1) is 16.0. The van der Waals surface area contributed by atoms with Crippen molar-refractivity contribution in [3.63, 3.8) is 0 Å². The van der Waals surface area contributed by atoms with Crippen molar-refractivity contribution in [2.75, 3.05) is 27.4 Å². The lowest BCUT2D eigenvalue weighted by Gasteiger charge is -2.27. The molecule has 1 aromatic carbocycles. The normalized spacial score (nSPS) is 25.5. The Balaban J connectivity index is 1.90. The molecule has 0 bridgehead atoms. The summed E-state index contributed by atoms with van der Waals surface area (Å²) in [7, 11) is 3.18. The van der Waals surface area contributed by atoms with E-state index in [4.69, 9.17) is 14.6 Å². The van der Waals surface area contributed by atoms with Gasteiger partial charge in [-0.25, -0.2) is 0 Å². The molecule has 3 rings (SSSR count). The van der Waals surface area contributed by atoms with Crippen LogP contribution in [0.3, 0.4) is 0 Å². The highest BCUT2D eigenvalue weighted by atomic mass is 16.5. The van der Waals surface area contributed by atoms with Gasteiger partial charge in [0.05, 0.1) is 31.4 Å². The highest BCUT2D eigenvalue weighted by Crippen LogP contribution is 2.28. The second kappa shape index (κ2) is 7.13. The molecule has 0 radical (unpaired) electrons. The maximum absolute atomic E-state index is 12.0. The maximum Gasteiger partial charge on any atom is 0.309 e. The Hall–Kier alpha value is -1.88. The van der Waals surface area contributed by atoms with Gasteiger partial charge in [-0.15, -0.1) is 0 Å². The standard InChI is InChI=1S/C18H24N2O3/c1-22-12-15-7-5-9-20(15)19-17-11-14(18(21)23-2)10-13-6-3-4-8-16(13)17/h3-4,6,8,14-15H,5,7,9-12H2,1-2H3/b19-17+/t14-,15-/m0/s1. The van der Waals surface area contributed by atoms with E-state index in [0.717, 1.165) is 37.1 Å². The molecule has 0 N–H and O–H groups in total. The number of ether oxygens (including phenoxy) is 2. The molecule has 124 valence electrons. The molecule has 1 saturated heterocycles. The van der Waals surface area contributed by atoms with Gasteiger partial charge in [-0.2, -0.15) is 5.10 Å². The Morgan fingerprint density at radius 1 is 1.30 bits per heavy atom. The average molecular weight is 316 g/mol. The molecule has 1 fully saturated rings. The molecule has 1 aliphatic carbocycles. The van der Waals surface area contributed by atoms with Crippen LogP contribution < -0.4 is 0 Å². The van der Waals surface area contributed by atoms with Crippen LogP contribution in [0.5, 0.6) is 0 Å². The lowest BCUT2D eigenvalue weighted by Crippen LogP contribution is -2.33. The predicted molar refractivity (Wildman–Crippen MR) is 88.4 cm³/mol. The Morgan fingerprint density at radius 2 is 2.13 bits per heavy atom. The van der Waals surface area contributed by atoms with Crippen molar-refractivity contribution in [3.8, 4) is 0 Å². The first-order valence-corrected chi connectivity index (χ1v) is 8.22. The number of fused-ring (bicyclic) bond motifs is 1. The van der Waals surface area contributed by atoms with Crippen molar-refractivity contribution in [1.29, 1.82) is 0 Å². The Morgan fingerprint density at radius 3 is 2.91 bits per heavy atom. The molecular formula is C18H24N2O3. The molecule has 0 saturated carbocycles. The van der Waals surface area contributed by atoms with Crippen LogP contribution >= 0.6 is 0 Å². The van der Waals surface area contributed by atoms with Gasteiger partial charge >= 0.3 is 5.97 Å². The van der Waals surface area contributed by atoms with Gasteiger partial charge in [-0.3, -0.25) is 9.80 Å². The van der Waals surface area contributed by atoms with Crippen LogP contribution in [0.4, 0.5) is 0 Å². The van der Waals surface area contributed by atoms with E-state index in [1.165, 1.54) is 12.7 Å². The summed E-state index contributed by atoms with van der Waals surface area (Å²) in [5.41, 5.74) is 3.33. The van der Waals surface area contributed by atoms with Gasteiger partial charge in [-0.05, 0) is 24.8 Å². The van der Waals surface area contributed by atoms with E-state index in [9.17, 15) is 4.79 Å². The Kier molecular flexibility index (Phi) is 4.96. The molecule has 1 aromatic rings. The highest BCUT2D eigenvalue weighted by molar-refractivity contribution is 6.04. The fourth-order valence-electron chi connectivity index (χ4n) is 3.56. The van der Waals surface area contributed by atoms with Crippen molar-refractivity contribution in [2.24, 2.45) is 11.0 Å². The van der Waals surface area contributed by atoms with Crippen LogP contribution in [0.15, 0.2) is 29.4 Å². The Labute approximate surface area is 137 Å². The van der Waals surface area contributed by atoms with E-state index in [2.05, 4.69) is 17.1 Å². The van der Waals surface area contributed by atoms with Crippen molar-refractivity contribution in [1.82, 2.24) is 5.01 Å². The number of methoxy groups -OCH3 is 2. The van der Waals surface area contributed by atoms with Crippen molar-refractivity contribution in [2.45, 2.75) is 31.7 Å². The van der Waals surface area contributed by atoms with Crippen LogP contribution in [0.25, 0.3) is 0 Å². The molecule has 0 aromatic heterocycles. The second-order valence-corrected chi connectivity index (χ2v) is 6.25. The SMILES string of the molecule is COC[C@@H]1CCCN1/N=C1\C[C@@H](C(=O)OC)Cc2ccccc21. The van der Waals surface area contributed by atoms with E-state index in [-0.39, 0.29) is 11.9 Å². The zero-order valence-corrected chi connectivity index (χ0v) is 13.8. The lowest BCUT2D eigenvalue weighted by atomic mass is 9.82. The molecule has 2 atom stereocenters. The lowest BCUT2D eigenvalue weighted by molar-refractivity contribution is -0.145. The van der Waals surface area contributed by atoms with E-state index in [1.807, 2.05) is 12.1 Å². The topological polar surface area (TPSA) is 51.1 Å². The number of rotatable bonds is 4. The number of hydrogen-bond acceptors (Lipinski definition) is 5. The number of carbonyl (C=O) groups is 1. The average Bonchev–Trinajstić information content (AvgIpc) is 3.01. The van der Waals surface area contributed by atoms with Crippen LogP contribution in [0.1, 0.15) is 30.4 Å². The number of esters is 1. The molecule has 0 spiro atoms. The molecule has 5 heteroatoms. The number of nitrogens with zero attached hydrogens (tertiary/aromatic N) is 2. The molecular weight excluding hydrogens is 292 g/mol. The first-order chi connectivity index (χ1) is 11.2. The summed E-state index contributed by atoms with van der Waals surface area (Å²) in [6, 6.07) is 8.56. The van der Waals surface area contributed by atoms with Crippen molar-refractivity contribution < 1.29 is 14.3 Å². The van der Waals surface area contributed by atoms with Gasteiger partial charge < -0.3 is 9.47 Å². The minimum Gasteiger partial charge on any atom is -0.469 e. The number of hydrogen-bond donors (Lipinski definition) is 0. The van der Waals surface area contributed by atoms with Gasteiger partial charge in [0, 0.05) is 25.6 Å².